The lowest BCUT2D eigenvalue weighted by atomic mass is 10.0. The van der Waals surface area contributed by atoms with E-state index >= 15 is 0 Å². The Morgan fingerprint density at radius 3 is 2.07 bits per heavy atom. The number of aliphatic carboxylic acids is 2. The number of amides is 3. The topological polar surface area (TPSA) is 188 Å². The molecule has 7 N–H and O–H groups in total. The van der Waals surface area contributed by atoms with Crippen molar-refractivity contribution in [3.8, 4) is 0 Å². The van der Waals surface area contributed by atoms with Gasteiger partial charge in [0.15, 0.2) is 0 Å². The largest absolute Gasteiger partial charge is 0.481 e. The predicted octanol–water partition coefficient (Wildman–Crippen LogP) is -2.17. The molecule has 2 atom stereocenters. The number of benzene rings is 1. The van der Waals surface area contributed by atoms with Gasteiger partial charge in [-0.3, -0.25) is 24.0 Å². The highest BCUT2D eigenvalue weighted by molar-refractivity contribution is 5.94. The minimum absolute atomic E-state index is 0.0304. The normalized spacial score (nSPS) is 12.3. The van der Waals surface area contributed by atoms with Crippen LogP contribution in [0.3, 0.4) is 0 Å². The van der Waals surface area contributed by atoms with E-state index in [0.717, 1.165) is 0 Å². The van der Waals surface area contributed by atoms with Crippen LogP contribution in [0.4, 0.5) is 0 Å². The molecule has 0 fully saturated rings. The summed E-state index contributed by atoms with van der Waals surface area (Å²) in [4.78, 5) is 57.8. The molecule has 0 saturated heterocycles. The first kappa shape index (κ1) is 22.6. The monoisotopic (exact) mass is 394 g/mol. The molecule has 1 rings (SSSR count). The molecule has 152 valence electrons. The third-order valence-electron chi connectivity index (χ3n) is 3.55. The van der Waals surface area contributed by atoms with E-state index in [1.165, 1.54) is 0 Å². The highest BCUT2D eigenvalue weighted by Gasteiger charge is 2.28. The number of carbonyl (C=O) groups excluding carboxylic acids is 3. The van der Waals surface area contributed by atoms with E-state index in [-0.39, 0.29) is 6.42 Å². The predicted molar refractivity (Wildman–Crippen MR) is 96.0 cm³/mol. The second-order valence-electron chi connectivity index (χ2n) is 5.78. The fraction of sp³-hybridized carbons (Fsp3) is 0.353. The van der Waals surface area contributed by atoms with E-state index in [1.54, 1.807) is 30.3 Å². The van der Waals surface area contributed by atoms with Crippen molar-refractivity contribution in [3.05, 3.63) is 35.9 Å². The molecule has 2 unspecified atom stereocenters. The molecule has 3 amide bonds. The summed E-state index contributed by atoms with van der Waals surface area (Å²) < 4.78 is 0. The lowest BCUT2D eigenvalue weighted by molar-refractivity contribution is -0.141. The number of hydrogen-bond acceptors (Lipinski definition) is 6. The average Bonchev–Trinajstić information content (AvgIpc) is 2.65. The Kier molecular flexibility index (Phi) is 9.10. The maximum Gasteiger partial charge on any atom is 0.322 e. The molecule has 0 aliphatic heterocycles. The summed E-state index contributed by atoms with van der Waals surface area (Å²) in [5.41, 5.74) is 5.84. The fourth-order valence-corrected chi connectivity index (χ4v) is 2.25. The first-order valence-corrected chi connectivity index (χ1v) is 8.28. The molecule has 0 aromatic heterocycles. The van der Waals surface area contributed by atoms with Crippen LogP contribution < -0.4 is 21.7 Å². The molecule has 1 aromatic carbocycles. The molecule has 0 bridgehead atoms. The fourth-order valence-electron chi connectivity index (χ4n) is 2.25. The van der Waals surface area contributed by atoms with Gasteiger partial charge in [-0.1, -0.05) is 30.3 Å². The summed E-state index contributed by atoms with van der Waals surface area (Å²) in [6, 6.07) is 5.98. The zero-order valence-electron chi connectivity index (χ0n) is 14.9. The van der Waals surface area contributed by atoms with Gasteiger partial charge in [-0.25, -0.2) is 0 Å². The number of carbonyl (C=O) groups is 5. The van der Waals surface area contributed by atoms with Crippen LogP contribution in [0.15, 0.2) is 30.3 Å². The van der Waals surface area contributed by atoms with E-state index in [2.05, 4.69) is 16.0 Å². The van der Waals surface area contributed by atoms with Crippen molar-refractivity contribution in [1.82, 2.24) is 16.0 Å². The number of carboxylic acids is 2. The summed E-state index contributed by atoms with van der Waals surface area (Å²) in [6.45, 7) is -1.10. The third kappa shape index (κ3) is 8.27. The van der Waals surface area contributed by atoms with Crippen LogP contribution in [0, 0.1) is 0 Å². The Bertz CT molecular complexity index is 723. The first-order chi connectivity index (χ1) is 13.2. The Hall–Kier alpha value is -3.47. The molecule has 11 nitrogen and oxygen atoms in total. The van der Waals surface area contributed by atoms with E-state index in [1.807, 2.05) is 0 Å². The SMILES string of the molecule is NCC(=O)NC(CC(=O)O)C(=O)NC(Cc1ccccc1)C(=O)NCC(=O)O. The van der Waals surface area contributed by atoms with Gasteiger partial charge in [0, 0.05) is 6.42 Å². The zero-order chi connectivity index (χ0) is 21.1. The van der Waals surface area contributed by atoms with Crippen LogP contribution in [-0.4, -0.2) is 65.0 Å². The van der Waals surface area contributed by atoms with E-state index in [0.29, 0.717) is 5.56 Å². The molecule has 1 aromatic rings. The lowest BCUT2D eigenvalue weighted by Crippen LogP contribution is -2.55. The minimum atomic E-state index is -1.45. The number of hydrogen-bond donors (Lipinski definition) is 6. The van der Waals surface area contributed by atoms with Crippen molar-refractivity contribution in [2.24, 2.45) is 5.73 Å². The molecule has 0 aliphatic rings. The second kappa shape index (κ2) is 11.3. The number of nitrogens with one attached hydrogen (secondary N) is 3. The van der Waals surface area contributed by atoms with Gasteiger partial charge in [-0.15, -0.1) is 0 Å². The van der Waals surface area contributed by atoms with Crippen molar-refractivity contribution < 1.29 is 34.2 Å². The summed E-state index contributed by atoms with van der Waals surface area (Å²) >= 11 is 0. The Balaban J connectivity index is 2.95. The Morgan fingerprint density at radius 2 is 1.54 bits per heavy atom. The summed E-state index contributed by atoms with van der Waals surface area (Å²) in [5.74, 6) is -5.02. The summed E-state index contributed by atoms with van der Waals surface area (Å²) in [7, 11) is 0. The van der Waals surface area contributed by atoms with Gasteiger partial charge in [0.1, 0.15) is 18.6 Å². The van der Waals surface area contributed by atoms with Crippen LogP contribution >= 0.6 is 0 Å². The van der Waals surface area contributed by atoms with E-state index < -0.39 is 61.3 Å². The lowest BCUT2D eigenvalue weighted by Gasteiger charge is -2.22. The summed E-state index contributed by atoms with van der Waals surface area (Å²) in [5, 5.41) is 24.3. The molecule has 11 heteroatoms. The van der Waals surface area contributed by atoms with Crippen molar-refractivity contribution in [3.63, 3.8) is 0 Å². The average molecular weight is 394 g/mol. The standard InChI is InChI=1S/C17H22N4O7/c18-8-13(22)20-12(7-14(23)24)17(28)21-11(16(27)19-9-15(25)26)6-10-4-2-1-3-5-10/h1-5,11-12H,6-9,18H2,(H,19,27)(H,20,22)(H,21,28)(H,23,24)(H,25,26). The molecule has 28 heavy (non-hydrogen) atoms. The molecule has 0 radical (unpaired) electrons. The van der Waals surface area contributed by atoms with Crippen molar-refractivity contribution in [2.75, 3.05) is 13.1 Å². The smallest absolute Gasteiger partial charge is 0.322 e. The number of carboxylic acid groups (broad SMARTS) is 2. The first-order valence-electron chi connectivity index (χ1n) is 8.28. The Labute approximate surface area is 160 Å². The highest BCUT2D eigenvalue weighted by Crippen LogP contribution is 2.05. The Morgan fingerprint density at radius 1 is 0.893 bits per heavy atom. The van der Waals surface area contributed by atoms with Crippen LogP contribution in [-0.2, 0) is 30.4 Å². The van der Waals surface area contributed by atoms with E-state index in [4.69, 9.17) is 15.9 Å². The maximum atomic E-state index is 12.4. The maximum absolute atomic E-state index is 12.4. The molecular formula is C17H22N4O7. The van der Waals surface area contributed by atoms with Gasteiger partial charge in [0.25, 0.3) is 0 Å². The molecule has 0 spiro atoms. The minimum Gasteiger partial charge on any atom is -0.481 e. The van der Waals surface area contributed by atoms with Crippen LogP contribution in [0.5, 0.6) is 0 Å². The second-order valence-corrected chi connectivity index (χ2v) is 5.78. The highest BCUT2D eigenvalue weighted by atomic mass is 16.4. The van der Waals surface area contributed by atoms with Gasteiger partial charge in [0.2, 0.25) is 17.7 Å². The quantitative estimate of drug-likeness (QED) is 0.244. The van der Waals surface area contributed by atoms with Crippen molar-refractivity contribution in [2.45, 2.75) is 24.9 Å². The molecular weight excluding hydrogens is 372 g/mol. The zero-order valence-corrected chi connectivity index (χ0v) is 14.9. The van der Waals surface area contributed by atoms with Crippen molar-refractivity contribution in [1.29, 1.82) is 0 Å². The van der Waals surface area contributed by atoms with Crippen LogP contribution in [0.1, 0.15) is 12.0 Å². The summed E-state index contributed by atoms with van der Waals surface area (Å²) in [6.07, 6.45) is -0.685. The number of nitrogens with two attached hydrogens (primary N) is 1. The van der Waals surface area contributed by atoms with Gasteiger partial charge in [-0.05, 0) is 5.56 Å². The molecule has 0 aliphatic carbocycles. The van der Waals surface area contributed by atoms with Gasteiger partial charge >= 0.3 is 11.9 Å². The number of rotatable bonds is 11. The van der Waals surface area contributed by atoms with Crippen molar-refractivity contribution >= 4 is 29.7 Å². The molecule has 0 heterocycles. The third-order valence-corrected chi connectivity index (χ3v) is 3.55. The van der Waals surface area contributed by atoms with Crippen LogP contribution in [0.25, 0.3) is 0 Å². The van der Waals surface area contributed by atoms with E-state index in [9.17, 15) is 24.0 Å². The van der Waals surface area contributed by atoms with Gasteiger partial charge < -0.3 is 31.9 Å². The van der Waals surface area contributed by atoms with Crippen LogP contribution in [0.2, 0.25) is 0 Å². The van der Waals surface area contributed by atoms with Gasteiger partial charge in [0.05, 0.1) is 13.0 Å². The van der Waals surface area contributed by atoms with Gasteiger partial charge in [-0.2, -0.15) is 0 Å². The molecule has 0 saturated carbocycles.